The van der Waals surface area contributed by atoms with Crippen molar-refractivity contribution in [1.29, 1.82) is 0 Å². The molecule has 0 bridgehead atoms. The Balaban J connectivity index is 1.71. The third-order valence-electron chi connectivity index (χ3n) is 5.75. The number of rotatable bonds is 10. The minimum atomic E-state index is -1.20. The number of hydrogen-bond donors (Lipinski definition) is 3. The predicted octanol–water partition coefficient (Wildman–Crippen LogP) is 2.98. The molecule has 2 atom stereocenters. The standard InChI is InChI=1S/C23H27FN2O5/c1-2-15-5-10-18(31-13-12-27)14-19(15)20(28)4-3-11-23(21(29)25-22(30)26-23)16-6-8-17(24)9-7-16/h5-6,8-10,14,16,27H,2-4,7,11-13H2,1H3,(H2,25,26,29,30). The smallest absolute Gasteiger partial charge is 0.322 e. The third-order valence-corrected chi connectivity index (χ3v) is 5.75. The van der Waals surface area contributed by atoms with Gasteiger partial charge < -0.3 is 15.2 Å². The summed E-state index contributed by atoms with van der Waals surface area (Å²) >= 11 is 0. The quantitative estimate of drug-likeness (QED) is 0.391. The summed E-state index contributed by atoms with van der Waals surface area (Å²) in [6, 6.07) is 4.69. The largest absolute Gasteiger partial charge is 0.491 e. The lowest BCUT2D eigenvalue weighted by atomic mass is 9.76. The molecule has 7 nitrogen and oxygen atoms in total. The fraction of sp³-hybridized carbons (Fsp3) is 0.435. The maximum Gasteiger partial charge on any atom is 0.322 e. The average Bonchev–Trinajstić information content (AvgIpc) is 3.06. The zero-order chi connectivity index (χ0) is 22.4. The first-order valence-electron chi connectivity index (χ1n) is 10.5. The summed E-state index contributed by atoms with van der Waals surface area (Å²) in [5, 5.41) is 13.9. The number of imide groups is 1. The van der Waals surface area contributed by atoms with Crippen molar-refractivity contribution in [2.24, 2.45) is 5.92 Å². The van der Waals surface area contributed by atoms with Gasteiger partial charge in [0.1, 0.15) is 23.7 Å². The monoisotopic (exact) mass is 430 g/mol. The SMILES string of the molecule is CCc1ccc(OCCO)cc1C(=O)CCCC1(C2C=CC(F)=CC2)NC(=O)NC1=O. The number of aliphatic hydroxyl groups is 1. The van der Waals surface area contributed by atoms with Crippen LogP contribution in [-0.4, -0.2) is 41.6 Å². The number of allylic oxidation sites excluding steroid dienone is 3. The fourth-order valence-corrected chi connectivity index (χ4v) is 4.13. The van der Waals surface area contributed by atoms with Crippen molar-refractivity contribution in [2.75, 3.05) is 13.2 Å². The van der Waals surface area contributed by atoms with Crippen molar-refractivity contribution in [3.63, 3.8) is 0 Å². The number of Topliss-reactive ketones (excluding diaryl/α,β-unsaturated/α-hetero) is 1. The summed E-state index contributed by atoms with van der Waals surface area (Å²) in [5.74, 6) is -0.799. The highest BCUT2D eigenvalue weighted by Gasteiger charge is 2.50. The first-order valence-corrected chi connectivity index (χ1v) is 10.5. The number of hydrogen-bond acceptors (Lipinski definition) is 5. The van der Waals surface area contributed by atoms with E-state index in [4.69, 9.17) is 9.84 Å². The lowest BCUT2D eigenvalue weighted by Gasteiger charge is -2.33. The molecule has 3 amide bonds. The van der Waals surface area contributed by atoms with Gasteiger partial charge in [-0.25, -0.2) is 9.18 Å². The summed E-state index contributed by atoms with van der Waals surface area (Å²) in [4.78, 5) is 37.4. The third kappa shape index (κ3) is 5.02. The summed E-state index contributed by atoms with van der Waals surface area (Å²) in [6.45, 7) is 1.97. The number of benzene rings is 1. The molecule has 8 heteroatoms. The zero-order valence-electron chi connectivity index (χ0n) is 17.4. The maximum atomic E-state index is 13.4. The molecular formula is C23H27FN2O5. The summed E-state index contributed by atoms with van der Waals surface area (Å²) in [7, 11) is 0. The second kappa shape index (κ2) is 9.87. The molecule has 1 heterocycles. The van der Waals surface area contributed by atoms with E-state index in [0.29, 0.717) is 24.2 Å². The number of carbonyl (C=O) groups is 3. The molecule has 0 saturated carbocycles. The highest BCUT2D eigenvalue weighted by Crippen LogP contribution is 2.34. The van der Waals surface area contributed by atoms with E-state index in [9.17, 15) is 18.8 Å². The van der Waals surface area contributed by atoms with Gasteiger partial charge in [-0.2, -0.15) is 0 Å². The lowest BCUT2D eigenvalue weighted by Crippen LogP contribution is -2.52. The summed E-state index contributed by atoms with van der Waals surface area (Å²) in [5.41, 5.74) is 0.235. The Hall–Kier alpha value is -3.00. The molecule has 166 valence electrons. The van der Waals surface area contributed by atoms with Crippen LogP contribution in [0.5, 0.6) is 5.75 Å². The molecule has 1 aromatic carbocycles. The van der Waals surface area contributed by atoms with Gasteiger partial charge in [0.25, 0.3) is 5.91 Å². The van der Waals surface area contributed by atoms with E-state index in [-0.39, 0.29) is 44.1 Å². The second-order valence-electron chi connectivity index (χ2n) is 7.69. The molecule has 1 fully saturated rings. The number of amides is 3. The first kappa shape index (κ1) is 22.7. The molecule has 3 N–H and O–H groups in total. The van der Waals surface area contributed by atoms with Gasteiger partial charge in [0.15, 0.2) is 5.78 Å². The molecule has 2 unspecified atom stereocenters. The van der Waals surface area contributed by atoms with Gasteiger partial charge in [-0.3, -0.25) is 14.9 Å². The van der Waals surface area contributed by atoms with E-state index in [1.807, 2.05) is 13.0 Å². The van der Waals surface area contributed by atoms with Crippen LogP contribution in [-0.2, 0) is 11.2 Å². The van der Waals surface area contributed by atoms with Gasteiger partial charge in [0.2, 0.25) is 0 Å². The molecule has 0 spiro atoms. The number of halogens is 1. The van der Waals surface area contributed by atoms with Crippen LogP contribution in [0.2, 0.25) is 0 Å². The van der Waals surface area contributed by atoms with Crippen molar-refractivity contribution in [3.05, 3.63) is 53.4 Å². The number of ketones is 1. The molecule has 1 aliphatic heterocycles. The van der Waals surface area contributed by atoms with Crippen LogP contribution >= 0.6 is 0 Å². The number of aryl methyl sites for hydroxylation is 1. The van der Waals surface area contributed by atoms with Crippen LogP contribution in [0.25, 0.3) is 0 Å². The first-order chi connectivity index (χ1) is 14.9. The second-order valence-corrected chi connectivity index (χ2v) is 7.69. The van der Waals surface area contributed by atoms with Crippen molar-refractivity contribution in [3.8, 4) is 5.75 Å². The predicted molar refractivity (Wildman–Crippen MR) is 112 cm³/mol. The van der Waals surface area contributed by atoms with Gasteiger partial charge in [-0.15, -0.1) is 0 Å². The molecule has 0 radical (unpaired) electrons. The molecular weight excluding hydrogens is 403 g/mol. The van der Waals surface area contributed by atoms with Gasteiger partial charge in [-0.05, 0) is 55.5 Å². The number of aliphatic hydroxyl groups excluding tert-OH is 1. The highest BCUT2D eigenvalue weighted by atomic mass is 19.1. The van der Waals surface area contributed by atoms with Crippen molar-refractivity contribution in [2.45, 2.75) is 44.6 Å². The van der Waals surface area contributed by atoms with E-state index in [2.05, 4.69) is 10.6 Å². The highest BCUT2D eigenvalue weighted by molar-refractivity contribution is 6.07. The zero-order valence-corrected chi connectivity index (χ0v) is 17.4. The van der Waals surface area contributed by atoms with Crippen LogP contribution in [0.4, 0.5) is 9.18 Å². The Kier molecular flexibility index (Phi) is 7.22. The average molecular weight is 430 g/mol. The normalized spacial score (nSPS) is 22.7. The Bertz CT molecular complexity index is 927. The summed E-state index contributed by atoms with van der Waals surface area (Å²) in [6.07, 6.45) is 6.05. The van der Waals surface area contributed by atoms with Crippen LogP contribution < -0.4 is 15.4 Å². The lowest BCUT2D eigenvalue weighted by molar-refractivity contribution is -0.125. The van der Waals surface area contributed by atoms with Crippen LogP contribution in [0.3, 0.4) is 0 Å². The minimum absolute atomic E-state index is 0.0868. The number of nitrogens with one attached hydrogen (secondary N) is 2. The Morgan fingerprint density at radius 3 is 2.77 bits per heavy atom. The van der Waals surface area contributed by atoms with Gasteiger partial charge >= 0.3 is 6.03 Å². The Morgan fingerprint density at radius 1 is 1.35 bits per heavy atom. The molecule has 31 heavy (non-hydrogen) atoms. The van der Waals surface area contributed by atoms with Crippen molar-refractivity contribution in [1.82, 2.24) is 10.6 Å². The molecule has 1 saturated heterocycles. The van der Waals surface area contributed by atoms with Gasteiger partial charge in [0.05, 0.1) is 6.61 Å². The number of urea groups is 1. The van der Waals surface area contributed by atoms with Crippen LogP contribution in [0.15, 0.2) is 42.3 Å². The molecule has 1 aromatic rings. The minimum Gasteiger partial charge on any atom is -0.491 e. The summed E-state index contributed by atoms with van der Waals surface area (Å²) < 4.78 is 18.8. The maximum absolute atomic E-state index is 13.4. The fourth-order valence-electron chi connectivity index (χ4n) is 4.13. The Labute approximate surface area is 180 Å². The van der Waals surface area contributed by atoms with E-state index < -0.39 is 23.4 Å². The van der Waals surface area contributed by atoms with Gasteiger partial charge in [-0.1, -0.05) is 19.1 Å². The van der Waals surface area contributed by atoms with Crippen molar-refractivity contribution >= 4 is 17.7 Å². The molecule has 2 aliphatic rings. The van der Waals surface area contributed by atoms with E-state index in [0.717, 1.165) is 5.56 Å². The van der Waals surface area contributed by atoms with Gasteiger partial charge in [0, 0.05) is 17.9 Å². The number of carbonyl (C=O) groups excluding carboxylic acids is 3. The molecule has 3 rings (SSSR count). The van der Waals surface area contributed by atoms with Crippen LogP contribution in [0.1, 0.15) is 48.5 Å². The van der Waals surface area contributed by atoms with E-state index in [1.165, 1.54) is 12.2 Å². The Morgan fingerprint density at radius 2 is 2.16 bits per heavy atom. The van der Waals surface area contributed by atoms with E-state index >= 15 is 0 Å². The van der Waals surface area contributed by atoms with Crippen LogP contribution in [0, 0.1) is 5.92 Å². The molecule has 1 aliphatic carbocycles. The molecule has 0 aromatic heterocycles. The van der Waals surface area contributed by atoms with Crippen molar-refractivity contribution < 1.29 is 28.6 Å². The number of ether oxygens (including phenoxy) is 1. The van der Waals surface area contributed by atoms with E-state index in [1.54, 1.807) is 18.2 Å². The topological polar surface area (TPSA) is 105 Å².